The smallest absolute Gasteiger partial charge is 0.159 e. The number of Topliss-reactive ketones (excluding diaryl/α,β-unsaturated/α-hetero) is 1. The molecule has 1 heteroatoms. The van der Waals surface area contributed by atoms with Gasteiger partial charge in [0.1, 0.15) is 0 Å². The molecule has 0 N–H and O–H groups in total. The van der Waals surface area contributed by atoms with E-state index in [2.05, 4.69) is 63.2 Å². The van der Waals surface area contributed by atoms with Gasteiger partial charge in [-0.2, -0.15) is 0 Å². The first-order chi connectivity index (χ1) is 9.88. The molecule has 0 saturated heterocycles. The van der Waals surface area contributed by atoms with Crippen LogP contribution in [0.5, 0.6) is 0 Å². The lowest BCUT2D eigenvalue weighted by Gasteiger charge is -2.18. The van der Waals surface area contributed by atoms with Gasteiger partial charge in [0.25, 0.3) is 0 Å². The highest BCUT2D eigenvalue weighted by Crippen LogP contribution is 2.43. The first-order valence-electron chi connectivity index (χ1n) is 7.34. The van der Waals surface area contributed by atoms with E-state index >= 15 is 0 Å². The second-order valence-electron chi connectivity index (χ2n) is 6.47. The van der Waals surface area contributed by atoms with E-state index in [1.807, 2.05) is 6.07 Å². The van der Waals surface area contributed by atoms with E-state index < -0.39 is 0 Å². The van der Waals surface area contributed by atoms with Crippen molar-refractivity contribution < 1.29 is 4.79 Å². The maximum absolute atomic E-state index is 11.6. The molecule has 0 unspecified atom stereocenters. The van der Waals surface area contributed by atoms with Crippen LogP contribution in [0.1, 0.15) is 53.4 Å². The normalized spacial score (nSPS) is 15.5. The van der Waals surface area contributed by atoms with Crippen molar-refractivity contribution in [3.63, 3.8) is 0 Å². The van der Waals surface area contributed by atoms with E-state index in [-0.39, 0.29) is 11.2 Å². The van der Waals surface area contributed by atoms with Crippen LogP contribution in [0.2, 0.25) is 0 Å². The minimum absolute atomic E-state index is 0.0418. The summed E-state index contributed by atoms with van der Waals surface area (Å²) in [6.45, 7) is 8.15. The Morgan fingerprint density at radius 2 is 1.81 bits per heavy atom. The van der Waals surface area contributed by atoms with Crippen molar-refractivity contribution >= 4 is 11.4 Å². The Kier molecular flexibility index (Phi) is 3.09. The number of ketones is 1. The number of benzene rings is 2. The molecule has 3 rings (SSSR count). The molecule has 0 spiro atoms. The molecule has 21 heavy (non-hydrogen) atoms. The Morgan fingerprint density at radius 1 is 1.05 bits per heavy atom. The second kappa shape index (κ2) is 4.70. The number of carbonyl (C=O) groups is 1. The average Bonchev–Trinajstić information content (AvgIpc) is 2.70. The third kappa shape index (κ3) is 2.33. The van der Waals surface area contributed by atoms with E-state index in [9.17, 15) is 4.79 Å². The summed E-state index contributed by atoms with van der Waals surface area (Å²) in [4.78, 5) is 11.6. The fraction of sp³-hybridized carbons (Fsp3) is 0.250. The highest BCUT2D eigenvalue weighted by molar-refractivity contribution is 5.96. The fourth-order valence-corrected chi connectivity index (χ4v) is 3.10. The van der Waals surface area contributed by atoms with Gasteiger partial charge in [-0.15, -0.1) is 0 Å². The third-order valence-electron chi connectivity index (χ3n) is 4.24. The summed E-state index contributed by atoms with van der Waals surface area (Å²) in [6, 6.07) is 14.7. The van der Waals surface area contributed by atoms with Gasteiger partial charge in [-0.1, -0.05) is 61.9 Å². The Morgan fingerprint density at radius 3 is 2.48 bits per heavy atom. The number of aryl methyl sites for hydroxylation is 1. The van der Waals surface area contributed by atoms with Crippen molar-refractivity contribution in [3.05, 3.63) is 76.4 Å². The van der Waals surface area contributed by atoms with Crippen molar-refractivity contribution in [2.24, 2.45) is 0 Å². The monoisotopic (exact) mass is 276 g/mol. The molecular formula is C20H20O. The van der Waals surface area contributed by atoms with Crippen LogP contribution in [0.25, 0.3) is 5.57 Å². The first kappa shape index (κ1) is 13.8. The zero-order valence-corrected chi connectivity index (χ0v) is 13.0. The molecule has 2 aromatic carbocycles. The van der Waals surface area contributed by atoms with Gasteiger partial charge >= 0.3 is 0 Å². The zero-order chi connectivity index (χ0) is 15.2. The molecule has 1 nitrogen and oxygen atoms in total. The minimum Gasteiger partial charge on any atom is -0.295 e. The summed E-state index contributed by atoms with van der Waals surface area (Å²) in [5.41, 5.74) is 7.02. The van der Waals surface area contributed by atoms with Crippen molar-refractivity contribution in [1.29, 1.82) is 0 Å². The van der Waals surface area contributed by atoms with Crippen LogP contribution >= 0.6 is 0 Å². The van der Waals surface area contributed by atoms with Crippen LogP contribution in [0.3, 0.4) is 0 Å². The van der Waals surface area contributed by atoms with E-state index in [0.717, 1.165) is 5.56 Å². The quantitative estimate of drug-likeness (QED) is 0.711. The van der Waals surface area contributed by atoms with Gasteiger partial charge in [-0.25, -0.2) is 0 Å². The molecule has 0 heterocycles. The number of fused-ring (bicyclic) bond motifs is 1. The van der Waals surface area contributed by atoms with Crippen LogP contribution in [-0.4, -0.2) is 5.78 Å². The summed E-state index contributed by atoms with van der Waals surface area (Å²) >= 11 is 0. The molecule has 0 radical (unpaired) electrons. The SMILES string of the molecule is CC(=O)c1ccc2c(c1)C(C)(C)C=C2c1cccc(C)c1. The molecule has 0 aliphatic heterocycles. The van der Waals surface area contributed by atoms with Gasteiger partial charge < -0.3 is 0 Å². The summed E-state index contributed by atoms with van der Waals surface area (Å²) < 4.78 is 0. The Balaban J connectivity index is 2.18. The van der Waals surface area contributed by atoms with E-state index in [1.54, 1.807) is 6.92 Å². The molecule has 2 aromatic rings. The lowest BCUT2D eigenvalue weighted by Crippen LogP contribution is -2.11. The van der Waals surface area contributed by atoms with Gasteiger partial charge in [0.15, 0.2) is 5.78 Å². The first-order valence-corrected chi connectivity index (χ1v) is 7.34. The highest BCUT2D eigenvalue weighted by atomic mass is 16.1. The van der Waals surface area contributed by atoms with Crippen LogP contribution < -0.4 is 0 Å². The third-order valence-corrected chi connectivity index (χ3v) is 4.24. The highest BCUT2D eigenvalue weighted by Gasteiger charge is 2.30. The van der Waals surface area contributed by atoms with Gasteiger partial charge in [0.05, 0.1) is 0 Å². The van der Waals surface area contributed by atoms with Gasteiger partial charge in [-0.3, -0.25) is 4.79 Å². The molecular weight excluding hydrogens is 256 g/mol. The van der Waals surface area contributed by atoms with E-state index in [1.165, 1.54) is 27.8 Å². The molecule has 106 valence electrons. The predicted octanol–water partition coefficient (Wildman–Crippen LogP) is 4.92. The largest absolute Gasteiger partial charge is 0.295 e. The van der Waals surface area contributed by atoms with E-state index in [0.29, 0.717) is 0 Å². The summed E-state index contributed by atoms with van der Waals surface area (Å²) in [5.74, 6) is 0.123. The fourth-order valence-electron chi connectivity index (χ4n) is 3.10. The number of allylic oxidation sites excluding steroid dienone is 1. The zero-order valence-electron chi connectivity index (χ0n) is 13.0. The molecule has 0 bridgehead atoms. The number of carbonyl (C=O) groups excluding carboxylic acids is 1. The van der Waals surface area contributed by atoms with Crippen molar-refractivity contribution in [3.8, 4) is 0 Å². The van der Waals surface area contributed by atoms with Gasteiger partial charge in [0, 0.05) is 11.0 Å². The Bertz CT molecular complexity index is 763. The molecule has 0 fully saturated rings. The molecule has 0 aromatic heterocycles. The molecule has 0 saturated carbocycles. The topological polar surface area (TPSA) is 17.1 Å². The lowest BCUT2D eigenvalue weighted by molar-refractivity contribution is 0.101. The minimum atomic E-state index is -0.0418. The van der Waals surface area contributed by atoms with Gasteiger partial charge in [-0.05, 0) is 42.2 Å². The van der Waals surface area contributed by atoms with Crippen molar-refractivity contribution in [2.75, 3.05) is 0 Å². The molecule has 1 aliphatic rings. The van der Waals surface area contributed by atoms with E-state index in [4.69, 9.17) is 0 Å². The van der Waals surface area contributed by atoms with Crippen LogP contribution in [0.15, 0.2) is 48.5 Å². The predicted molar refractivity (Wildman–Crippen MR) is 87.7 cm³/mol. The maximum atomic E-state index is 11.6. The molecule has 1 aliphatic carbocycles. The maximum Gasteiger partial charge on any atom is 0.159 e. The molecule has 0 amide bonds. The number of hydrogen-bond acceptors (Lipinski definition) is 1. The molecule has 0 atom stereocenters. The van der Waals surface area contributed by atoms with Gasteiger partial charge in [0.2, 0.25) is 0 Å². The van der Waals surface area contributed by atoms with Crippen LogP contribution in [0, 0.1) is 6.92 Å². The average molecular weight is 276 g/mol. The standard InChI is InChI=1S/C20H20O/c1-13-6-5-7-16(10-13)18-12-20(3,4)19-11-15(14(2)21)8-9-17(18)19/h5-12H,1-4H3. The summed E-state index contributed by atoms with van der Waals surface area (Å²) in [6.07, 6.45) is 2.32. The van der Waals surface area contributed by atoms with Crippen molar-refractivity contribution in [1.82, 2.24) is 0 Å². The number of rotatable bonds is 2. The van der Waals surface area contributed by atoms with Crippen LogP contribution in [-0.2, 0) is 5.41 Å². The lowest BCUT2D eigenvalue weighted by atomic mass is 9.86. The number of hydrogen-bond donors (Lipinski definition) is 0. The van der Waals surface area contributed by atoms with Crippen LogP contribution in [0.4, 0.5) is 0 Å². The Labute approximate surface area is 126 Å². The Hall–Kier alpha value is -2.15. The summed E-state index contributed by atoms with van der Waals surface area (Å²) in [7, 11) is 0. The van der Waals surface area contributed by atoms with Crippen molar-refractivity contribution in [2.45, 2.75) is 33.1 Å². The second-order valence-corrected chi connectivity index (χ2v) is 6.47. The summed E-state index contributed by atoms with van der Waals surface area (Å²) in [5, 5.41) is 0.